The average molecular weight is 231 g/mol. The zero-order valence-electron chi connectivity index (χ0n) is 10.1. The predicted octanol–water partition coefficient (Wildman–Crippen LogP) is 0.358. The summed E-state index contributed by atoms with van der Waals surface area (Å²) in [7, 11) is 3.22. The van der Waals surface area contributed by atoms with E-state index in [0.29, 0.717) is 25.4 Å². The molecule has 0 aliphatic carbocycles. The number of rotatable bonds is 10. The van der Waals surface area contributed by atoms with Gasteiger partial charge in [-0.1, -0.05) is 6.58 Å². The monoisotopic (exact) mass is 231 g/mol. The number of hydrogen-bond acceptors (Lipinski definition) is 5. The van der Waals surface area contributed by atoms with Crippen LogP contribution in [-0.4, -0.2) is 53.1 Å². The summed E-state index contributed by atoms with van der Waals surface area (Å²) in [5.41, 5.74) is 0.317. The Hall–Kier alpha value is -0.910. The zero-order chi connectivity index (χ0) is 12.2. The van der Waals surface area contributed by atoms with Gasteiger partial charge in [0.15, 0.2) is 0 Å². The van der Waals surface area contributed by atoms with Gasteiger partial charge in [0.25, 0.3) is 0 Å². The van der Waals surface area contributed by atoms with Gasteiger partial charge in [0.05, 0.1) is 32.5 Å². The molecule has 16 heavy (non-hydrogen) atoms. The molecule has 0 heterocycles. The van der Waals surface area contributed by atoms with E-state index in [1.54, 1.807) is 0 Å². The molecule has 0 rings (SSSR count). The van der Waals surface area contributed by atoms with Crippen LogP contribution >= 0.6 is 0 Å². The van der Waals surface area contributed by atoms with Crippen LogP contribution in [0.4, 0.5) is 0 Å². The molecule has 0 unspecified atom stereocenters. The van der Waals surface area contributed by atoms with E-state index in [1.807, 2.05) is 7.05 Å². The number of nitrogens with one attached hydrogen (secondary N) is 1. The lowest BCUT2D eigenvalue weighted by Gasteiger charge is -2.06. The van der Waals surface area contributed by atoms with Crippen LogP contribution in [0.3, 0.4) is 0 Å². The normalized spacial score (nSPS) is 10.1. The number of hydrogen-bond donors (Lipinski definition) is 1. The number of carbonyl (C=O) groups excluding carboxylic acids is 1. The topological polar surface area (TPSA) is 56.8 Å². The molecule has 0 saturated carbocycles. The molecule has 94 valence electrons. The maximum atomic E-state index is 10.9. The summed E-state index contributed by atoms with van der Waals surface area (Å²) in [6.45, 7) is 6.36. The number of carbonyl (C=O) groups is 1. The Bertz CT molecular complexity index is 206. The van der Waals surface area contributed by atoms with Crippen molar-refractivity contribution in [2.45, 2.75) is 6.42 Å². The first kappa shape index (κ1) is 15.1. The summed E-state index contributed by atoms with van der Waals surface area (Å²) < 4.78 is 15.0. The molecule has 0 atom stereocenters. The van der Waals surface area contributed by atoms with Crippen LogP contribution in [0.25, 0.3) is 0 Å². The standard InChI is InChI=1S/C11H21NO4/c1-10(11(13)14-3)9-16-8-7-15-6-4-5-12-2/h12H,1,4-9H2,2-3H3. The van der Waals surface area contributed by atoms with Gasteiger partial charge >= 0.3 is 5.97 Å². The minimum Gasteiger partial charge on any atom is -0.466 e. The fourth-order valence-corrected chi connectivity index (χ4v) is 0.970. The molecule has 0 aromatic heterocycles. The minimum atomic E-state index is -0.435. The quantitative estimate of drug-likeness (QED) is 0.334. The van der Waals surface area contributed by atoms with Gasteiger partial charge in [0, 0.05) is 6.61 Å². The highest BCUT2D eigenvalue weighted by molar-refractivity contribution is 5.87. The van der Waals surface area contributed by atoms with E-state index in [-0.39, 0.29) is 6.61 Å². The van der Waals surface area contributed by atoms with Gasteiger partial charge in [-0.25, -0.2) is 4.79 Å². The van der Waals surface area contributed by atoms with Crippen LogP contribution in [0.5, 0.6) is 0 Å². The van der Waals surface area contributed by atoms with E-state index in [2.05, 4.69) is 16.6 Å². The molecule has 0 fully saturated rings. The fraction of sp³-hybridized carbons (Fsp3) is 0.727. The van der Waals surface area contributed by atoms with Crippen molar-refractivity contribution in [2.75, 3.05) is 47.1 Å². The van der Waals surface area contributed by atoms with Gasteiger partial charge in [-0.3, -0.25) is 0 Å². The lowest BCUT2D eigenvalue weighted by molar-refractivity contribution is -0.136. The van der Waals surface area contributed by atoms with E-state index < -0.39 is 5.97 Å². The third-order valence-corrected chi connectivity index (χ3v) is 1.84. The summed E-state index contributed by atoms with van der Waals surface area (Å²) >= 11 is 0. The fourth-order valence-electron chi connectivity index (χ4n) is 0.970. The van der Waals surface area contributed by atoms with Crippen molar-refractivity contribution in [1.29, 1.82) is 0 Å². The third kappa shape index (κ3) is 8.40. The number of ether oxygens (including phenoxy) is 3. The van der Waals surface area contributed by atoms with Crippen molar-refractivity contribution in [3.63, 3.8) is 0 Å². The Balaban J connectivity index is 3.21. The molecule has 5 heteroatoms. The lowest BCUT2D eigenvalue weighted by Crippen LogP contribution is -2.14. The van der Waals surface area contributed by atoms with Gasteiger partial charge in [0.2, 0.25) is 0 Å². The maximum Gasteiger partial charge on any atom is 0.335 e. The van der Waals surface area contributed by atoms with Crippen LogP contribution in [0, 0.1) is 0 Å². The first-order valence-electron chi connectivity index (χ1n) is 5.28. The van der Waals surface area contributed by atoms with Crippen molar-refractivity contribution in [2.24, 2.45) is 0 Å². The zero-order valence-corrected chi connectivity index (χ0v) is 10.1. The van der Waals surface area contributed by atoms with Gasteiger partial charge in [0.1, 0.15) is 0 Å². The van der Waals surface area contributed by atoms with Crippen LogP contribution in [0.15, 0.2) is 12.2 Å². The highest BCUT2D eigenvalue weighted by atomic mass is 16.5. The van der Waals surface area contributed by atoms with Crippen LogP contribution in [0.2, 0.25) is 0 Å². The Morgan fingerprint density at radius 1 is 1.25 bits per heavy atom. The van der Waals surface area contributed by atoms with E-state index in [0.717, 1.165) is 13.0 Å². The van der Waals surface area contributed by atoms with E-state index in [4.69, 9.17) is 9.47 Å². The summed E-state index contributed by atoms with van der Waals surface area (Å²) in [5, 5.41) is 3.03. The molecule has 0 bridgehead atoms. The molecular weight excluding hydrogens is 210 g/mol. The highest BCUT2D eigenvalue weighted by Gasteiger charge is 2.05. The Kier molecular flexibility index (Phi) is 10.00. The Morgan fingerprint density at radius 3 is 2.56 bits per heavy atom. The Labute approximate surface area is 96.8 Å². The largest absolute Gasteiger partial charge is 0.466 e. The highest BCUT2D eigenvalue weighted by Crippen LogP contribution is 1.94. The van der Waals surface area contributed by atoms with Crippen molar-refractivity contribution in [1.82, 2.24) is 5.32 Å². The summed E-state index contributed by atoms with van der Waals surface area (Å²) in [5.74, 6) is -0.435. The average Bonchev–Trinajstić information content (AvgIpc) is 2.31. The smallest absolute Gasteiger partial charge is 0.335 e. The van der Waals surface area contributed by atoms with Gasteiger partial charge in [-0.2, -0.15) is 0 Å². The second-order valence-corrected chi connectivity index (χ2v) is 3.22. The molecule has 0 saturated heterocycles. The number of esters is 1. The molecule has 0 aromatic carbocycles. The predicted molar refractivity (Wildman–Crippen MR) is 61.3 cm³/mol. The van der Waals surface area contributed by atoms with Gasteiger partial charge in [-0.15, -0.1) is 0 Å². The van der Waals surface area contributed by atoms with Crippen LogP contribution in [0.1, 0.15) is 6.42 Å². The SMILES string of the molecule is C=C(COCCOCCCNC)C(=O)OC. The summed E-state index contributed by atoms with van der Waals surface area (Å²) in [6.07, 6.45) is 0.978. The lowest BCUT2D eigenvalue weighted by atomic mass is 10.3. The molecule has 0 aliphatic heterocycles. The molecule has 0 spiro atoms. The van der Waals surface area contributed by atoms with E-state index in [9.17, 15) is 4.79 Å². The van der Waals surface area contributed by atoms with Crippen molar-refractivity contribution >= 4 is 5.97 Å². The van der Waals surface area contributed by atoms with Crippen molar-refractivity contribution < 1.29 is 19.0 Å². The molecule has 0 amide bonds. The molecule has 5 nitrogen and oxygen atoms in total. The van der Waals surface area contributed by atoms with Crippen LogP contribution in [-0.2, 0) is 19.0 Å². The summed E-state index contributed by atoms with van der Waals surface area (Å²) in [6, 6.07) is 0. The first-order valence-corrected chi connectivity index (χ1v) is 5.28. The van der Waals surface area contributed by atoms with E-state index in [1.165, 1.54) is 7.11 Å². The first-order chi connectivity index (χ1) is 7.72. The van der Waals surface area contributed by atoms with Gasteiger partial charge < -0.3 is 19.5 Å². The molecule has 0 radical (unpaired) electrons. The third-order valence-electron chi connectivity index (χ3n) is 1.84. The molecular formula is C11H21NO4. The maximum absolute atomic E-state index is 10.9. The van der Waals surface area contributed by atoms with Crippen LogP contribution < -0.4 is 5.32 Å². The second kappa shape index (κ2) is 10.6. The second-order valence-electron chi connectivity index (χ2n) is 3.22. The van der Waals surface area contributed by atoms with Crippen molar-refractivity contribution in [3.05, 3.63) is 12.2 Å². The van der Waals surface area contributed by atoms with E-state index >= 15 is 0 Å². The van der Waals surface area contributed by atoms with Crippen molar-refractivity contribution in [3.8, 4) is 0 Å². The molecule has 0 aliphatic rings. The minimum absolute atomic E-state index is 0.187. The Morgan fingerprint density at radius 2 is 1.94 bits per heavy atom. The molecule has 1 N–H and O–H groups in total. The summed E-state index contributed by atoms with van der Waals surface area (Å²) in [4.78, 5) is 10.9. The molecule has 0 aromatic rings. The number of methoxy groups -OCH3 is 1. The van der Waals surface area contributed by atoms with Gasteiger partial charge in [-0.05, 0) is 20.0 Å².